The number of alkyl halides is 2. The SMILES string of the molecule is O[C@@H]1[C@@H](O)[C@@H](O)C(COC(F)F)=C[C@H]1NCCCCCOc1ccc(Cl)cc1. The topological polar surface area (TPSA) is 91.2 Å². The van der Waals surface area contributed by atoms with Gasteiger partial charge in [-0.05, 0) is 55.6 Å². The average molecular weight is 422 g/mol. The van der Waals surface area contributed by atoms with Gasteiger partial charge in [0.1, 0.15) is 24.1 Å². The second-order valence-corrected chi connectivity index (χ2v) is 7.02. The average Bonchev–Trinajstić information content (AvgIpc) is 2.67. The van der Waals surface area contributed by atoms with Crippen molar-refractivity contribution in [3.8, 4) is 5.75 Å². The molecule has 9 heteroatoms. The molecule has 1 aromatic carbocycles. The summed E-state index contributed by atoms with van der Waals surface area (Å²) in [4.78, 5) is 0. The number of unbranched alkanes of at least 4 members (excludes halogenated alkanes) is 2. The molecule has 28 heavy (non-hydrogen) atoms. The molecule has 1 aromatic rings. The summed E-state index contributed by atoms with van der Waals surface area (Å²) in [6.07, 6.45) is -0.194. The van der Waals surface area contributed by atoms with Crippen molar-refractivity contribution in [1.82, 2.24) is 5.32 Å². The van der Waals surface area contributed by atoms with Crippen molar-refractivity contribution in [3.05, 3.63) is 40.9 Å². The van der Waals surface area contributed by atoms with Crippen molar-refractivity contribution in [2.75, 3.05) is 19.8 Å². The molecule has 0 aromatic heterocycles. The van der Waals surface area contributed by atoms with Crippen LogP contribution in [0.15, 0.2) is 35.9 Å². The van der Waals surface area contributed by atoms with Gasteiger partial charge in [-0.15, -0.1) is 0 Å². The Balaban J connectivity index is 1.68. The van der Waals surface area contributed by atoms with E-state index >= 15 is 0 Å². The standard InChI is InChI=1S/C19H26ClF2NO5/c20-13-4-6-14(7-5-13)27-9-3-1-2-8-23-15-10-12(11-28-19(21)22)16(24)18(26)17(15)25/h4-7,10,15-19,23-26H,1-3,8-9,11H2/t15-,16+,17+,18+/m1/s1. The van der Waals surface area contributed by atoms with Crippen LogP contribution >= 0.6 is 11.6 Å². The first-order valence-electron chi connectivity index (χ1n) is 9.15. The van der Waals surface area contributed by atoms with E-state index in [0.29, 0.717) is 18.2 Å². The molecule has 0 unspecified atom stereocenters. The van der Waals surface area contributed by atoms with Gasteiger partial charge in [0.15, 0.2) is 0 Å². The van der Waals surface area contributed by atoms with Crippen LogP contribution in [0, 0.1) is 0 Å². The molecule has 0 radical (unpaired) electrons. The van der Waals surface area contributed by atoms with Gasteiger partial charge in [-0.1, -0.05) is 17.7 Å². The molecule has 0 heterocycles. The zero-order chi connectivity index (χ0) is 20.5. The van der Waals surface area contributed by atoms with Gasteiger partial charge in [0.05, 0.1) is 19.3 Å². The van der Waals surface area contributed by atoms with Gasteiger partial charge in [-0.25, -0.2) is 0 Å². The van der Waals surface area contributed by atoms with E-state index in [2.05, 4.69) is 10.1 Å². The summed E-state index contributed by atoms with van der Waals surface area (Å²) < 4.78 is 34.2. The predicted octanol–water partition coefficient (Wildman–Crippen LogP) is 2.11. The summed E-state index contributed by atoms with van der Waals surface area (Å²) in [5.74, 6) is 0.754. The number of aliphatic hydroxyl groups excluding tert-OH is 3. The first-order chi connectivity index (χ1) is 13.4. The van der Waals surface area contributed by atoms with Crippen LogP contribution < -0.4 is 10.1 Å². The van der Waals surface area contributed by atoms with Crippen molar-refractivity contribution in [3.63, 3.8) is 0 Å². The van der Waals surface area contributed by atoms with Crippen molar-refractivity contribution in [1.29, 1.82) is 0 Å². The summed E-state index contributed by atoms with van der Waals surface area (Å²) >= 11 is 5.81. The third-order valence-corrected chi connectivity index (χ3v) is 4.73. The van der Waals surface area contributed by atoms with Crippen LogP contribution in [0.4, 0.5) is 8.78 Å². The smallest absolute Gasteiger partial charge is 0.345 e. The Labute approximate surface area is 167 Å². The minimum absolute atomic E-state index is 0.118. The summed E-state index contributed by atoms with van der Waals surface area (Å²) in [6.45, 7) is -2.37. The predicted molar refractivity (Wildman–Crippen MR) is 101 cm³/mol. The van der Waals surface area contributed by atoms with Crippen LogP contribution in [0.25, 0.3) is 0 Å². The van der Waals surface area contributed by atoms with E-state index in [0.717, 1.165) is 25.0 Å². The third kappa shape index (κ3) is 7.27. The summed E-state index contributed by atoms with van der Waals surface area (Å²) in [7, 11) is 0. The maximum atomic E-state index is 12.2. The Morgan fingerprint density at radius 3 is 2.43 bits per heavy atom. The molecule has 4 atom stereocenters. The van der Waals surface area contributed by atoms with E-state index in [-0.39, 0.29) is 5.57 Å². The maximum Gasteiger partial charge on any atom is 0.345 e. The molecule has 0 saturated heterocycles. The number of rotatable bonds is 11. The molecule has 1 aliphatic carbocycles. The first kappa shape index (κ1) is 23.0. The zero-order valence-electron chi connectivity index (χ0n) is 15.3. The van der Waals surface area contributed by atoms with Crippen LogP contribution in [0.3, 0.4) is 0 Å². The largest absolute Gasteiger partial charge is 0.494 e. The van der Waals surface area contributed by atoms with Gasteiger partial charge in [0, 0.05) is 5.02 Å². The van der Waals surface area contributed by atoms with Crippen LogP contribution in [-0.2, 0) is 4.74 Å². The number of halogens is 3. The highest BCUT2D eigenvalue weighted by Gasteiger charge is 2.37. The zero-order valence-corrected chi connectivity index (χ0v) is 16.1. The maximum absolute atomic E-state index is 12.2. The molecule has 0 aliphatic heterocycles. The monoisotopic (exact) mass is 421 g/mol. The lowest BCUT2D eigenvalue weighted by atomic mass is 9.88. The number of hydrogen-bond donors (Lipinski definition) is 4. The van der Waals surface area contributed by atoms with Crippen molar-refractivity contribution >= 4 is 11.6 Å². The Hall–Kier alpha value is -1.29. The number of hydrogen-bond acceptors (Lipinski definition) is 6. The van der Waals surface area contributed by atoms with Gasteiger partial charge < -0.3 is 30.1 Å². The lowest BCUT2D eigenvalue weighted by Crippen LogP contribution is -2.54. The fourth-order valence-electron chi connectivity index (χ4n) is 2.91. The van der Waals surface area contributed by atoms with Gasteiger partial charge >= 0.3 is 6.61 Å². The molecule has 2 rings (SSSR count). The van der Waals surface area contributed by atoms with Gasteiger partial charge in [0.2, 0.25) is 0 Å². The molecular formula is C19H26ClF2NO5. The molecule has 0 fully saturated rings. The van der Waals surface area contributed by atoms with Gasteiger partial charge in [-0.2, -0.15) is 8.78 Å². The van der Waals surface area contributed by atoms with E-state index in [1.165, 1.54) is 6.08 Å². The molecule has 0 amide bonds. The molecular weight excluding hydrogens is 396 g/mol. The summed E-state index contributed by atoms with van der Waals surface area (Å²) in [6, 6.07) is 6.47. The summed E-state index contributed by atoms with van der Waals surface area (Å²) in [5.41, 5.74) is 0.118. The van der Waals surface area contributed by atoms with E-state index in [1.807, 2.05) is 0 Å². The van der Waals surface area contributed by atoms with Gasteiger partial charge in [0.25, 0.3) is 0 Å². The summed E-state index contributed by atoms with van der Waals surface area (Å²) in [5, 5.41) is 33.5. The molecule has 6 nitrogen and oxygen atoms in total. The fourth-order valence-corrected chi connectivity index (χ4v) is 3.04. The van der Waals surface area contributed by atoms with E-state index < -0.39 is 37.6 Å². The van der Waals surface area contributed by atoms with Crippen LogP contribution in [-0.4, -0.2) is 66.0 Å². The van der Waals surface area contributed by atoms with Crippen LogP contribution in [0.1, 0.15) is 19.3 Å². The fraction of sp³-hybridized carbons (Fsp3) is 0.579. The highest BCUT2D eigenvalue weighted by Crippen LogP contribution is 2.21. The molecule has 0 saturated carbocycles. The van der Waals surface area contributed by atoms with E-state index in [4.69, 9.17) is 16.3 Å². The minimum atomic E-state index is -2.97. The highest BCUT2D eigenvalue weighted by atomic mass is 35.5. The lowest BCUT2D eigenvalue weighted by molar-refractivity contribution is -0.129. The van der Waals surface area contributed by atoms with Gasteiger partial charge in [-0.3, -0.25) is 0 Å². The van der Waals surface area contributed by atoms with Crippen molar-refractivity contribution in [2.24, 2.45) is 0 Å². The molecule has 158 valence electrons. The van der Waals surface area contributed by atoms with Crippen LogP contribution in [0.2, 0.25) is 5.02 Å². The Bertz CT molecular complexity index is 617. The molecule has 0 spiro atoms. The lowest BCUT2D eigenvalue weighted by Gasteiger charge is -2.35. The third-order valence-electron chi connectivity index (χ3n) is 4.47. The number of aliphatic hydroxyl groups is 3. The number of benzene rings is 1. The van der Waals surface area contributed by atoms with Crippen molar-refractivity contribution in [2.45, 2.75) is 50.2 Å². The second-order valence-electron chi connectivity index (χ2n) is 6.58. The Morgan fingerprint density at radius 1 is 1.04 bits per heavy atom. The minimum Gasteiger partial charge on any atom is -0.494 e. The van der Waals surface area contributed by atoms with Crippen molar-refractivity contribution < 1.29 is 33.6 Å². The Kier molecular flexibility index (Phi) is 9.57. The normalized spacial score (nSPS) is 25.0. The van der Waals surface area contributed by atoms with E-state index in [1.54, 1.807) is 24.3 Å². The second kappa shape index (κ2) is 11.6. The van der Waals surface area contributed by atoms with Crippen LogP contribution in [0.5, 0.6) is 5.75 Å². The number of ether oxygens (including phenoxy) is 2. The number of nitrogens with one attached hydrogen (secondary N) is 1. The Morgan fingerprint density at radius 2 is 1.75 bits per heavy atom. The molecule has 0 bridgehead atoms. The highest BCUT2D eigenvalue weighted by molar-refractivity contribution is 6.30. The molecule has 1 aliphatic rings. The van der Waals surface area contributed by atoms with E-state index in [9.17, 15) is 24.1 Å². The molecule has 4 N–H and O–H groups in total. The first-order valence-corrected chi connectivity index (χ1v) is 9.52. The quantitative estimate of drug-likeness (QED) is 0.323.